The third-order valence-electron chi connectivity index (χ3n) is 6.81. The van der Waals surface area contributed by atoms with Gasteiger partial charge in [-0.3, -0.25) is 4.79 Å². The van der Waals surface area contributed by atoms with Crippen LogP contribution in [0, 0.1) is 11.3 Å². The molecule has 0 saturated heterocycles. The van der Waals surface area contributed by atoms with Crippen molar-refractivity contribution in [2.45, 2.75) is 78.2 Å². The van der Waals surface area contributed by atoms with E-state index in [1.165, 1.54) is 36.5 Å². The molecule has 0 amide bonds. The number of carbonyl (C=O) groups is 2. The Bertz CT molecular complexity index is 712. The Balaban J connectivity index is 1.82. The van der Waals surface area contributed by atoms with Crippen LogP contribution in [0.1, 0.15) is 72.1 Å². The van der Waals surface area contributed by atoms with Crippen molar-refractivity contribution in [2.24, 2.45) is 11.3 Å². The standard InChI is InChI=1S/C25H36O4/c1-18(2)25(13-6-8-20(25)4)14-12-19(3)7-5-9-21(16-26)10-11-23(27)22-15-24(28)29-17-22/h7,10,15-16,20,23,27H,1,5-6,8-9,11-14,17H2,2-4H3/b19-7+,21-10+/t20-,23?,25+/m1/s1. The van der Waals surface area contributed by atoms with Crippen molar-refractivity contribution in [3.8, 4) is 0 Å². The number of esters is 1. The van der Waals surface area contributed by atoms with Crippen LogP contribution in [0.4, 0.5) is 0 Å². The Morgan fingerprint density at radius 2 is 2.14 bits per heavy atom. The zero-order valence-electron chi connectivity index (χ0n) is 18.2. The molecule has 1 saturated carbocycles. The molecule has 160 valence electrons. The van der Waals surface area contributed by atoms with Crippen LogP contribution in [0.25, 0.3) is 0 Å². The maximum absolute atomic E-state index is 11.3. The van der Waals surface area contributed by atoms with Crippen molar-refractivity contribution in [1.29, 1.82) is 0 Å². The Morgan fingerprint density at radius 3 is 2.69 bits per heavy atom. The van der Waals surface area contributed by atoms with E-state index in [1.807, 2.05) is 0 Å². The first-order valence-corrected chi connectivity index (χ1v) is 10.8. The fraction of sp³-hybridized carbons (Fsp3) is 0.600. The molecule has 1 heterocycles. The van der Waals surface area contributed by atoms with Gasteiger partial charge in [0, 0.05) is 11.6 Å². The summed E-state index contributed by atoms with van der Waals surface area (Å²) in [5, 5.41) is 10.1. The molecule has 2 rings (SSSR count). The third kappa shape index (κ3) is 6.27. The van der Waals surface area contributed by atoms with Gasteiger partial charge in [-0.25, -0.2) is 4.79 Å². The highest BCUT2D eigenvalue weighted by molar-refractivity contribution is 5.85. The first-order chi connectivity index (χ1) is 13.8. The lowest BCUT2D eigenvalue weighted by molar-refractivity contribution is -0.135. The molecule has 0 spiro atoms. The maximum Gasteiger partial charge on any atom is 0.331 e. The lowest BCUT2D eigenvalue weighted by atomic mass is 9.70. The number of ether oxygens (including phenoxy) is 1. The normalized spacial score (nSPS) is 26.3. The highest BCUT2D eigenvalue weighted by Gasteiger charge is 2.40. The second-order valence-electron chi connectivity index (χ2n) is 8.79. The Morgan fingerprint density at radius 1 is 1.38 bits per heavy atom. The molecule has 1 unspecified atom stereocenters. The van der Waals surface area contributed by atoms with Gasteiger partial charge in [0.1, 0.15) is 12.9 Å². The largest absolute Gasteiger partial charge is 0.458 e. The van der Waals surface area contributed by atoms with E-state index in [1.54, 1.807) is 6.08 Å². The van der Waals surface area contributed by atoms with Crippen molar-refractivity contribution in [3.63, 3.8) is 0 Å². The molecule has 4 nitrogen and oxygen atoms in total. The van der Waals surface area contributed by atoms with E-state index in [0.717, 1.165) is 25.5 Å². The summed E-state index contributed by atoms with van der Waals surface area (Å²) >= 11 is 0. The predicted molar refractivity (Wildman–Crippen MR) is 116 cm³/mol. The molecule has 0 aromatic rings. The molecule has 1 fully saturated rings. The van der Waals surface area contributed by atoms with Crippen LogP contribution in [0.3, 0.4) is 0 Å². The molecular formula is C25H36O4. The van der Waals surface area contributed by atoms with E-state index < -0.39 is 12.1 Å². The highest BCUT2D eigenvalue weighted by Crippen LogP contribution is 2.51. The Hall–Kier alpha value is -1.94. The summed E-state index contributed by atoms with van der Waals surface area (Å²) in [6, 6.07) is 0. The molecule has 0 aromatic heterocycles. The van der Waals surface area contributed by atoms with E-state index in [4.69, 9.17) is 4.74 Å². The second-order valence-corrected chi connectivity index (χ2v) is 8.79. The monoisotopic (exact) mass is 400 g/mol. The summed E-state index contributed by atoms with van der Waals surface area (Å²) in [6.45, 7) is 11.1. The molecule has 1 aliphatic heterocycles. The summed E-state index contributed by atoms with van der Waals surface area (Å²) in [4.78, 5) is 22.4. The Labute approximate surface area is 175 Å². The number of allylic oxidation sites excluding steroid dienone is 4. The van der Waals surface area contributed by atoms with Gasteiger partial charge >= 0.3 is 5.97 Å². The number of aldehydes is 1. The van der Waals surface area contributed by atoms with E-state index in [0.29, 0.717) is 35.3 Å². The van der Waals surface area contributed by atoms with Gasteiger partial charge in [-0.15, -0.1) is 0 Å². The minimum absolute atomic E-state index is 0.135. The summed E-state index contributed by atoms with van der Waals surface area (Å²) < 4.78 is 4.80. The van der Waals surface area contributed by atoms with Gasteiger partial charge < -0.3 is 9.84 Å². The lowest BCUT2D eigenvalue weighted by Crippen LogP contribution is -2.24. The summed E-state index contributed by atoms with van der Waals surface area (Å²) in [6.07, 6.45) is 13.3. The molecule has 4 heteroatoms. The van der Waals surface area contributed by atoms with Crippen LogP contribution >= 0.6 is 0 Å². The number of hydrogen-bond donors (Lipinski definition) is 1. The first-order valence-electron chi connectivity index (χ1n) is 10.8. The highest BCUT2D eigenvalue weighted by atomic mass is 16.5. The average Bonchev–Trinajstić information content (AvgIpc) is 3.29. The topological polar surface area (TPSA) is 63.6 Å². The molecule has 0 aromatic carbocycles. The number of aliphatic hydroxyl groups excluding tert-OH is 1. The molecule has 2 aliphatic rings. The number of cyclic esters (lactones) is 1. The molecular weight excluding hydrogens is 364 g/mol. The summed E-state index contributed by atoms with van der Waals surface area (Å²) in [5.74, 6) is 0.291. The number of carbonyl (C=O) groups excluding carboxylic acids is 2. The van der Waals surface area contributed by atoms with Crippen LogP contribution in [0.15, 0.2) is 47.1 Å². The quantitative estimate of drug-likeness (QED) is 0.223. The molecule has 0 radical (unpaired) electrons. The zero-order chi connectivity index (χ0) is 21.4. The van der Waals surface area contributed by atoms with Crippen LogP contribution in [-0.4, -0.2) is 30.1 Å². The van der Waals surface area contributed by atoms with Crippen LogP contribution in [-0.2, 0) is 14.3 Å². The predicted octanol–water partition coefficient (Wildman–Crippen LogP) is 5.24. The van der Waals surface area contributed by atoms with E-state index in [-0.39, 0.29) is 6.61 Å². The Kier molecular flexibility index (Phi) is 8.63. The lowest BCUT2D eigenvalue weighted by Gasteiger charge is -2.35. The van der Waals surface area contributed by atoms with Crippen molar-refractivity contribution in [3.05, 3.63) is 47.1 Å². The third-order valence-corrected chi connectivity index (χ3v) is 6.81. The fourth-order valence-electron chi connectivity index (χ4n) is 4.68. The fourth-order valence-corrected chi connectivity index (χ4v) is 4.68. The van der Waals surface area contributed by atoms with Gasteiger partial charge in [0.15, 0.2) is 0 Å². The number of rotatable bonds is 11. The average molecular weight is 401 g/mol. The molecule has 1 N–H and O–H groups in total. The SMILES string of the molecule is C=C(C)[C@@]1(CC/C(C)=C/CC/C(C=O)=C\CC(O)C2=CC(=O)OC2)CCC[C@H]1C. The van der Waals surface area contributed by atoms with E-state index in [2.05, 4.69) is 33.4 Å². The molecule has 29 heavy (non-hydrogen) atoms. The minimum atomic E-state index is -0.777. The zero-order valence-corrected chi connectivity index (χ0v) is 18.2. The van der Waals surface area contributed by atoms with Gasteiger partial charge in [-0.1, -0.05) is 43.2 Å². The molecule has 1 aliphatic carbocycles. The van der Waals surface area contributed by atoms with Crippen molar-refractivity contribution in [2.75, 3.05) is 6.61 Å². The van der Waals surface area contributed by atoms with Crippen LogP contribution in [0.5, 0.6) is 0 Å². The molecule has 0 bridgehead atoms. The second kappa shape index (κ2) is 10.7. The van der Waals surface area contributed by atoms with Gasteiger partial charge in [0.05, 0.1) is 6.10 Å². The van der Waals surface area contributed by atoms with Crippen LogP contribution < -0.4 is 0 Å². The summed E-state index contributed by atoms with van der Waals surface area (Å²) in [5.41, 5.74) is 4.23. The van der Waals surface area contributed by atoms with Crippen molar-refractivity contribution < 1.29 is 19.4 Å². The number of hydrogen-bond acceptors (Lipinski definition) is 4. The molecule has 3 atom stereocenters. The van der Waals surface area contributed by atoms with Gasteiger partial charge in [-0.05, 0) is 75.7 Å². The van der Waals surface area contributed by atoms with Gasteiger partial charge in [0.2, 0.25) is 0 Å². The smallest absolute Gasteiger partial charge is 0.331 e. The van der Waals surface area contributed by atoms with E-state index >= 15 is 0 Å². The van der Waals surface area contributed by atoms with Gasteiger partial charge in [0.25, 0.3) is 0 Å². The summed E-state index contributed by atoms with van der Waals surface area (Å²) in [7, 11) is 0. The van der Waals surface area contributed by atoms with Gasteiger partial charge in [-0.2, -0.15) is 0 Å². The van der Waals surface area contributed by atoms with Crippen LogP contribution in [0.2, 0.25) is 0 Å². The maximum atomic E-state index is 11.3. The van der Waals surface area contributed by atoms with Crippen molar-refractivity contribution in [1.82, 2.24) is 0 Å². The number of aliphatic hydroxyl groups is 1. The first kappa shape index (κ1) is 23.3. The minimum Gasteiger partial charge on any atom is -0.458 e. The van der Waals surface area contributed by atoms with Crippen molar-refractivity contribution >= 4 is 12.3 Å². The van der Waals surface area contributed by atoms with E-state index in [9.17, 15) is 14.7 Å².